The van der Waals surface area contributed by atoms with E-state index in [1.165, 1.54) is 19.3 Å². The number of hydrogen-bond acceptors (Lipinski definition) is 3. The van der Waals surface area contributed by atoms with E-state index in [-0.39, 0.29) is 11.8 Å². The highest BCUT2D eigenvalue weighted by Crippen LogP contribution is 2.48. The average Bonchev–Trinajstić information content (AvgIpc) is 3.03. The molecule has 0 aromatic carbocycles. The Morgan fingerprint density at radius 2 is 2.00 bits per heavy atom. The highest BCUT2D eigenvalue weighted by atomic mass is 32.1. The molecular formula is C15H25N3OS. The van der Waals surface area contributed by atoms with E-state index in [1.807, 2.05) is 0 Å². The molecule has 2 saturated carbocycles. The molecule has 3 aliphatic rings. The number of carbonyl (C=O) groups excluding carboxylic acids is 1. The molecule has 3 atom stereocenters. The summed E-state index contributed by atoms with van der Waals surface area (Å²) in [6.45, 7) is 1.88. The summed E-state index contributed by atoms with van der Waals surface area (Å²) in [6, 6.07) is 0. The van der Waals surface area contributed by atoms with E-state index < -0.39 is 5.54 Å². The van der Waals surface area contributed by atoms with Crippen molar-refractivity contribution >= 4 is 23.1 Å². The molecule has 3 unspecified atom stereocenters. The van der Waals surface area contributed by atoms with E-state index in [2.05, 4.69) is 17.3 Å². The smallest absolute Gasteiger partial charge is 0.224 e. The summed E-state index contributed by atoms with van der Waals surface area (Å²) < 4.78 is 0. The monoisotopic (exact) mass is 295 g/mol. The SMILES string of the molecule is CN1CCC(NC(=O)C2CC3CCC2C3)(C(N)=S)CC1. The largest absolute Gasteiger partial charge is 0.391 e. The molecule has 3 N–H and O–H groups in total. The number of piperidine rings is 1. The van der Waals surface area contributed by atoms with Crippen LogP contribution in [0, 0.1) is 17.8 Å². The lowest BCUT2D eigenvalue weighted by Crippen LogP contribution is -2.62. The van der Waals surface area contributed by atoms with Gasteiger partial charge in [0.25, 0.3) is 0 Å². The highest BCUT2D eigenvalue weighted by molar-refractivity contribution is 7.80. The Bertz CT molecular complexity index is 417. The molecule has 3 rings (SSSR count). The molecule has 0 spiro atoms. The van der Waals surface area contributed by atoms with E-state index in [1.54, 1.807) is 0 Å². The minimum absolute atomic E-state index is 0.203. The van der Waals surface area contributed by atoms with Crippen molar-refractivity contribution in [3.8, 4) is 0 Å². The van der Waals surface area contributed by atoms with Gasteiger partial charge in [0.1, 0.15) is 0 Å². The molecule has 0 aromatic heterocycles. The van der Waals surface area contributed by atoms with Crippen molar-refractivity contribution in [2.24, 2.45) is 23.5 Å². The van der Waals surface area contributed by atoms with E-state index >= 15 is 0 Å². The zero-order valence-corrected chi connectivity index (χ0v) is 13.0. The van der Waals surface area contributed by atoms with Crippen LogP contribution >= 0.6 is 12.2 Å². The van der Waals surface area contributed by atoms with E-state index in [0.717, 1.165) is 38.3 Å². The summed E-state index contributed by atoms with van der Waals surface area (Å²) in [5, 5.41) is 3.25. The zero-order valence-electron chi connectivity index (χ0n) is 12.2. The van der Waals surface area contributed by atoms with Crippen LogP contribution in [0.4, 0.5) is 0 Å². The number of nitrogens with one attached hydrogen (secondary N) is 1. The van der Waals surface area contributed by atoms with Crippen LogP contribution < -0.4 is 11.1 Å². The van der Waals surface area contributed by atoms with Crippen LogP contribution in [0.5, 0.6) is 0 Å². The first-order chi connectivity index (χ1) is 9.50. The Morgan fingerprint density at radius 1 is 1.30 bits per heavy atom. The fourth-order valence-electron chi connectivity index (χ4n) is 4.33. The number of amides is 1. The molecule has 1 aliphatic heterocycles. The Hall–Kier alpha value is -0.680. The molecule has 3 fully saturated rings. The zero-order chi connectivity index (χ0) is 14.3. The Balaban J connectivity index is 1.67. The van der Waals surface area contributed by atoms with Gasteiger partial charge < -0.3 is 16.0 Å². The van der Waals surface area contributed by atoms with Gasteiger partial charge in [0.05, 0.1) is 10.5 Å². The molecule has 20 heavy (non-hydrogen) atoms. The number of carbonyl (C=O) groups is 1. The van der Waals surface area contributed by atoms with Crippen molar-refractivity contribution in [1.82, 2.24) is 10.2 Å². The van der Waals surface area contributed by atoms with E-state index in [9.17, 15) is 4.79 Å². The first-order valence-corrected chi connectivity index (χ1v) is 8.21. The maximum absolute atomic E-state index is 12.7. The highest BCUT2D eigenvalue weighted by Gasteiger charge is 2.46. The Kier molecular flexibility index (Phi) is 3.75. The van der Waals surface area contributed by atoms with Gasteiger partial charge in [-0.2, -0.15) is 0 Å². The van der Waals surface area contributed by atoms with Gasteiger partial charge in [-0.15, -0.1) is 0 Å². The molecule has 112 valence electrons. The predicted molar refractivity (Wildman–Crippen MR) is 83.3 cm³/mol. The van der Waals surface area contributed by atoms with Gasteiger partial charge in [0, 0.05) is 19.0 Å². The fourth-order valence-corrected chi connectivity index (χ4v) is 4.58. The van der Waals surface area contributed by atoms with Crippen LogP contribution in [0.15, 0.2) is 0 Å². The third kappa shape index (κ3) is 2.46. The van der Waals surface area contributed by atoms with E-state index in [0.29, 0.717) is 10.9 Å². The second-order valence-corrected chi connectivity index (χ2v) is 7.46. The van der Waals surface area contributed by atoms with Crippen molar-refractivity contribution < 1.29 is 4.79 Å². The minimum Gasteiger partial charge on any atom is -0.391 e. The third-order valence-electron chi connectivity index (χ3n) is 5.75. The van der Waals surface area contributed by atoms with Gasteiger partial charge in [0.2, 0.25) is 5.91 Å². The predicted octanol–water partition coefficient (Wildman–Crippen LogP) is 1.29. The first-order valence-electron chi connectivity index (χ1n) is 7.81. The number of nitrogens with zero attached hydrogens (tertiary/aromatic N) is 1. The summed E-state index contributed by atoms with van der Waals surface area (Å²) in [5.74, 6) is 1.80. The number of fused-ring (bicyclic) bond motifs is 2. The molecule has 1 saturated heterocycles. The molecule has 0 radical (unpaired) electrons. The molecule has 0 aromatic rings. The van der Waals surface area contributed by atoms with Gasteiger partial charge >= 0.3 is 0 Å². The van der Waals surface area contributed by atoms with Crippen LogP contribution in [0.25, 0.3) is 0 Å². The number of rotatable bonds is 3. The van der Waals surface area contributed by atoms with E-state index in [4.69, 9.17) is 18.0 Å². The van der Waals surface area contributed by atoms with Crippen molar-refractivity contribution in [2.45, 2.75) is 44.1 Å². The maximum atomic E-state index is 12.7. The summed E-state index contributed by atoms with van der Waals surface area (Å²) >= 11 is 5.27. The normalized spacial score (nSPS) is 36.0. The van der Waals surface area contributed by atoms with Crippen molar-refractivity contribution in [3.05, 3.63) is 0 Å². The van der Waals surface area contributed by atoms with Crippen LogP contribution in [0.2, 0.25) is 0 Å². The number of likely N-dealkylation sites (tertiary alicyclic amines) is 1. The van der Waals surface area contributed by atoms with Crippen LogP contribution in [0.3, 0.4) is 0 Å². The van der Waals surface area contributed by atoms with Gasteiger partial charge in [-0.1, -0.05) is 18.6 Å². The standard InChI is InChI=1S/C15H25N3OS/c1-18-6-4-15(5-7-18,14(16)20)17-13(19)12-9-10-2-3-11(12)8-10/h10-12H,2-9H2,1H3,(H2,16,20)(H,17,19). The molecule has 2 aliphatic carbocycles. The lowest BCUT2D eigenvalue weighted by atomic mass is 9.84. The van der Waals surface area contributed by atoms with Crippen LogP contribution in [-0.4, -0.2) is 41.5 Å². The number of nitrogens with two attached hydrogens (primary N) is 1. The van der Waals surface area contributed by atoms with Crippen molar-refractivity contribution in [2.75, 3.05) is 20.1 Å². The molecule has 1 heterocycles. The van der Waals surface area contributed by atoms with Gasteiger partial charge in [0.15, 0.2) is 0 Å². The average molecular weight is 295 g/mol. The molecule has 5 heteroatoms. The fraction of sp³-hybridized carbons (Fsp3) is 0.867. The quantitative estimate of drug-likeness (QED) is 0.770. The Labute approximate surface area is 126 Å². The molecule has 1 amide bonds. The van der Waals surface area contributed by atoms with Gasteiger partial charge in [-0.3, -0.25) is 4.79 Å². The van der Waals surface area contributed by atoms with Crippen LogP contribution in [0.1, 0.15) is 38.5 Å². The topological polar surface area (TPSA) is 58.4 Å². The lowest BCUT2D eigenvalue weighted by Gasteiger charge is -2.41. The minimum atomic E-state index is -0.444. The summed E-state index contributed by atoms with van der Waals surface area (Å²) in [5.41, 5.74) is 5.53. The second-order valence-electron chi connectivity index (χ2n) is 7.02. The molecule has 2 bridgehead atoms. The Morgan fingerprint density at radius 3 is 2.50 bits per heavy atom. The lowest BCUT2D eigenvalue weighted by molar-refractivity contribution is -0.128. The van der Waals surface area contributed by atoms with Crippen molar-refractivity contribution in [3.63, 3.8) is 0 Å². The maximum Gasteiger partial charge on any atom is 0.224 e. The second kappa shape index (κ2) is 5.26. The number of thiocarbonyl (C=S) groups is 1. The van der Waals surface area contributed by atoms with Crippen LogP contribution in [-0.2, 0) is 4.79 Å². The van der Waals surface area contributed by atoms with Gasteiger partial charge in [-0.25, -0.2) is 0 Å². The van der Waals surface area contributed by atoms with Gasteiger partial charge in [-0.05, 0) is 51.0 Å². The molecular weight excluding hydrogens is 270 g/mol. The summed E-state index contributed by atoms with van der Waals surface area (Å²) in [7, 11) is 2.10. The summed E-state index contributed by atoms with van der Waals surface area (Å²) in [4.78, 5) is 15.4. The van der Waals surface area contributed by atoms with Crippen molar-refractivity contribution in [1.29, 1.82) is 0 Å². The number of hydrogen-bond donors (Lipinski definition) is 2. The summed E-state index contributed by atoms with van der Waals surface area (Å²) in [6.07, 6.45) is 6.55. The third-order valence-corrected chi connectivity index (χ3v) is 6.14. The first kappa shape index (κ1) is 14.3. The molecule has 4 nitrogen and oxygen atoms in total.